The number of nitrogens with zero attached hydrogens (tertiary/aromatic N) is 2. The smallest absolute Gasteiger partial charge is 0.0820 e. The molecule has 1 aliphatic heterocycles. The van der Waals surface area contributed by atoms with Crippen LogP contribution in [0.5, 0.6) is 0 Å². The highest BCUT2D eigenvalue weighted by Crippen LogP contribution is 2.18. The lowest BCUT2D eigenvalue weighted by Crippen LogP contribution is -2.30. The fraction of sp³-hybridized carbons (Fsp3) is 0.615. The van der Waals surface area contributed by atoms with Gasteiger partial charge in [-0.1, -0.05) is 24.4 Å². The van der Waals surface area contributed by atoms with Gasteiger partial charge in [0.25, 0.3) is 0 Å². The van der Waals surface area contributed by atoms with Crippen LogP contribution < -0.4 is 5.32 Å². The number of anilines is 1. The maximum Gasteiger partial charge on any atom is 0.0820 e. The molecule has 0 saturated carbocycles. The van der Waals surface area contributed by atoms with Gasteiger partial charge in [-0.2, -0.15) is 0 Å². The zero-order valence-electron chi connectivity index (χ0n) is 10.2. The molecule has 1 fully saturated rings. The van der Waals surface area contributed by atoms with Crippen molar-refractivity contribution >= 4 is 17.3 Å². The second-order valence-electron chi connectivity index (χ2n) is 4.54. The van der Waals surface area contributed by atoms with E-state index < -0.39 is 0 Å². The summed E-state index contributed by atoms with van der Waals surface area (Å²) in [5.41, 5.74) is 0.983. The molecule has 0 atom stereocenters. The Hall–Kier alpha value is -0.800. The summed E-state index contributed by atoms with van der Waals surface area (Å²) in [4.78, 5) is 6.51. The van der Waals surface area contributed by atoms with Crippen molar-refractivity contribution in [1.29, 1.82) is 0 Å². The van der Waals surface area contributed by atoms with E-state index in [0.717, 1.165) is 18.8 Å². The van der Waals surface area contributed by atoms with Crippen LogP contribution in [0.1, 0.15) is 25.7 Å². The molecular formula is C13H20ClN3. The molecule has 3 nitrogen and oxygen atoms in total. The Morgan fingerprint density at radius 1 is 1.24 bits per heavy atom. The van der Waals surface area contributed by atoms with E-state index in [-0.39, 0.29) is 0 Å². The average Bonchev–Trinajstić information content (AvgIpc) is 2.60. The molecule has 17 heavy (non-hydrogen) atoms. The number of nitrogens with one attached hydrogen (secondary N) is 1. The van der Waals surface area contributed by atoms with Gasteiger partial charge in [0.05, 0.1) is 10.7 Å². The van der Waals surface area contributed by atoms with E-state index in [1.165, 1.54) is 38.8 Å². The predicted octanol–water partition coefficient (Wildman–Crippen LogP) is 3.02. The molecule has 0 bridgehead atoms. The average molecular weight is 254 g/mol. The van der Waals surface area contributed by atoms with Crippen LogP contribution in [0.15, 0.2) is 18.5 Å². The first-order valence-corrected chi connectivity index (χ1v) is 6.80. The van der Waals surface area contributed by atoms with Crippen LogP contribution in [0.25, 0.3) is 0 Å². The maximum absolute atomic E-state index is 6.03. The van der Waals surface area contributed by atoms with Gasteiger partial charge in [-0.05, 0) is 32.0 Å². The number of rotatable bonds is 4. The summed E-state index contributed by atoms with van der Waals surface area (Å²) in [7, 11) is 0. The molecule has 4 heteroatoms. The number of likely N-dealkylation sites (tertiary alicyclic amines) is 1. The number of aromatic nitrogens is 1. The highest BCUT2D eigenvalue weighted by Gasteiger charge is 2.08. The molecule has 0 aliphatic carbocycles. The van der Waals surface area contributed by atoms with Crippen molar-refractivity contribution in [2.45, 2.75) is 25.7 Å². The van der Waals surface area contributed by atoms with E-state index in [0.29, 0.717) is 5.02 Å². The first kappa shape index (κ1) is 12.7. The summed E-state index contributed by atoms with van der Waals surface area (Å²) in [6.45, 7) is 4.53. The molecule has 1 aromatic heterocycles. The molecule has 0 aromatic carbocycles. The normalized spacial score (nSPS) is 17.7. The Bertz CT molecular complexity index is 335. The highest BCUT2D eigenvalue weighted by molar-refractivity contribution is 6.33. The topological polar surface area (TPSA) is 28.2 Å². The van der Waals surface area contributed by atoms with E-state index in [4.69, 9.17) is 11.6 Å². The Balaban J connectivity index is 1.73. The summed E-state index contributed by atoms with van der Waals surface area (Å²) in [6, 6.07) is 1.92. The fourth-order valence-electron chi connectivity index (χ4n) is 2.23. The van der Waals surface area contributed by atoms with Gasteiger partial charge in [0, 0.05) is 25.5 Å². The van der Waals surface area contributed by atoms with Crippen LogP contribution in [-0.2, 0) is 0 Å². The van der Waals surface area contributed by atoms with Gasteiger partial charge < -0.3 is 10.2 Å². The molecular weight excluding hydrogens is 234 g/mol. The van der Waals surface area contributed by atoms with Crippen molar-refractivity contribution < 1.29 is 0 Å². The van der Waals surface area contributed by atoms with E-state index in [2.05, 4.69) is 15.2 Å². The van der Waals surface area contributed by atoms with Gasteiger partial charge in [-0.15, -0.1) is 0 Å². The monoisotopic (exact) mass is 253 g/mol. The number of hydrogen-bond donors (Lipinski definition) is 1. The first-order valence-electron chi connectivity index (χ1n) is 6.42. The molecule has 2 heterocycles. The lowest BCUT2D eigenvalue weighted by Gasteiger charge is -2.20. The van der Waals surface area contributed by atoms with Gasteiger partial charge in [-0.25, -0.2) is 0 Å². The van der Waals surface area contributed by atoms with E-state index in [9.17, 15) is 0 Å². The minimum Gasteiger partial charge on any atom is -0.382 e. The highest BCUT2D eigenvalue weighted by atomic mass is 35.5. The van der Waals surface area contributed by atoms with Crippen molar-refractivity contribution in [3.63, 3.8) is 0 Å². The van der Waals surface area contributed by atoms with Gasteiger partial charge in [-0.3, -0.25) is 4.98 Å². The summed E-state index contributed by atoms with van der Waals surface area (Å²) < 4.78 is 0. The number of hydrogen-bond acceptors (Lipinski definition) is 3. The van der Waals surface area contributed by atoms with Crippen molar-refractivity contribution in [2.24, 2.45) is 0 Å². The summed E-state index contributed by atoms with van der Waals surface area (Å²) in [5, 5.41) is 4.06. The standard InChI is InChI=1S/C13H20ClN3/c14-12-11-15-6-5-13(12)16-7-10-17-8-3-1-2-4-9-17/h5-6,11H,1-4,7-10H2,(H,15,16). The third-order valence-electron chi connectivity index (χ3n) is 3.21. The zero-order valence-corrected chi connectivity index (χ0v) is 10.9. The predicted molar refractivity (Wildman–Crippen MR) is 72.6 cm³/mol. The lowest BCUT2D eigenvalue weighted by molar-refractivity contribution is 0.296. The second-order valence-corrected chi connectivity index (χ2v) is 4.95. The number of halogens is 1. The fourth-order valence-corrected chi connectivity index (χ4v) is 2.41. The molecule has 0 unspecified atom stereocenters. The SMILES string of the molecule is Clc1cnccc1NCCN1CCCCCC1. The molecule has 1 aliphatic rings. The van der Waals surface area contributed by atoms with Crippen LogP contribution in [0.2, 0.25) is 5.02 Å². The van der Waals surface area contributed by atoms with Gasteiger partial charge >= 0.3 is 0 Å². The third kappa shape index (κ3) is 4.17. The Kier molecular flexibility index (Phi) is 5.08. The lowest BCUT2D eigenvalue weighted by atomic mass is 10.2. The summed E-state index contributed by atoms with van der Waals surface area (Å²) in [6.07, 6.45) is 8.90. The maximum atomic E-state index is 6.03. The molecule has 0 spiro atoms. The summed E-state index contributed by atoms with van der Waals surface area (Å²) in [5.74, 6) is 0. The van der Waals surface area contributed by atoms with Crippen molar-refractivity contribution in [3.05, 3.63) is 23.5 Å². The quantitative estimate of drug-likeness (QED) is 0.894. The molecule has 0 amide bonds. The zero-order chi connectivity index (χ0) is 11.9. The van der Waals surface area contributed by atoms with Gasteiger partial charge in [0.2, 0.25) is 0 Å². The molecule has 1 saturated heterocycles. The van der Waals surface area contributed by atoms with Crippen LogP contribution in [-0.4, -0.2) is 36.1 Å². The first-order chi connectivity index (χ1) is 8.36. The van der Waals surface area contributed by atoms with Crippen molar-refractivity contribution in [2.75, 3.05) is 31.5 Å². The van der Waals surface area contributed by atoms with Crippen molar-refractivity contribution in [3.8, 4) is 0 Å². The van der Waals surface area contributed by atoms with Crippen LogP contribution in [0, 0.1) is 0 Å². The van der Waals surface area contributed by atoms with Crippen molar-refractivity contribution in [1.82, 2.24) is 9.88 Å². The molecule has 94 valence electrons. The molecule has 1 aromatic rings. The Labute approximate surface area is 108 Å². The van der Waals surface area contributed by atoms with E-state index in [1.807, 2.05) is 6.07 Å². The van der Waals surface area contributed by atoms with Gasteiger partial charge in [0.15, 0.2) is 0 Å². The van der Waals surface area contributed by atoms with Crippen LogP contribution >= 0.6 is 11.6 Å². The Morgan fingerprint density at radius 3 is 2.71 bits per heavy atom. The molecule has 1 N–H and O–H groups in total. The van der Waals surface area contributed by atoms with E-state index in [1.54, 1.807) is 12.4 Å². The molecule has 0 radical (unpaired) electrons. The summed E-state index contributed by atoms with van der Waals surface area (Å²) >= 11 is 6.03. The number of pyridine rings is 1. The second kappa shape index (κ2) is 6.82. The molecule has 2 rings (SSSR count). The van der Waals surface area contributed by atoms with Crippen LogP contribution in [0.4, 0.5) is 5.69 Å². The minimum atomic E-state index is 0.698. The Morgan fingerprint density at radius 2 is 2.00 bits per heavy atom. The van der Waals surface area contributed by atoms with Crippen LogP contribution in [0.3, 0.4) is 0 Å². The van der Waals surface area contributed by atoms with E-state index >= 15 is 0 Å². The third-order valence-corrected chi connectivity index (χ3v) is 3.52. The minimum absolute atomic E-state index is 0.698. The largest absolute Gasteiger partial charge is 0.382 e. The van der Waals surface area contributed by atoms with Gasteiger partial charge in [0.1, 0.15) is 0 Å².